The molecule has 0 heterocycles. The number of rotatable bonds is 8. The van der Waals surface area contributed by atoms with Gasteiger partial charge in [-0.25, -0.2) is 8.78 Å². The van der Waals surface area contributed by atoms with E-state index in [9.17, 15) is 22.0 Å². The van der Waals surface area contributed by atoms with Crippen LogP contribution in [0.4, 0.5) is 22.0 Å². The van der Waals surface area contributed by atoms with Crippen LogP contribution in [0.1, 0.15) is 35.6 Å². The first kappa shape index (κ1) is 22.1. The lowest BCUT2D eigenvalue weighted by molar-refractivity contribution is -0.178. The molecule has 0 spiro atoms. The van der Waals surface area contributed by atoms with E-state index in [1.165, 1.54) is 43.5 Å². The first-order valence-electron chi connectivity index (χ1n) is 9.05. The molecule has 0 aliphatic carbocycles. The Labute approximate surface area is 161 Å². The van der Waals surface area contributed by atoms with Crippen LogP contribution in [0.3, 0.4) is 0 Å². The average molecular weight is 398 g/mol. The van der Waals surface area contributed by atoms with Crippen LogP contribution in [0.15, 0.2) is 48.5 Å². The molecule has 2 aromatic carbocycles. The van der Waals surface area contributed by atoms with Crippen LogP contribution in [0.5, 0.6) is 0 Å². The van der Waals surface area contributed by atoms with Gasteiger partial charge in [0.2, 0.25) is 0 Å². The van der Waals surface area contributed by atoms with Crippen LogP contribution in [-0.2, 0) is 17.6 Å². The third-order valence-electron chi connectivity index (χ3n) is 4.63. The Balaban J connectivity index is 2.17. The van der Waals surface area contributed by atoms with Crippen LogP contribution in [0, 0.1) is 5.92 Å². The lowest BCUT2D eigenvalue weighted by atomic mass is 9.95. The minimum absolute atomic E-state index is 0.00165. The second-order valence-electron chi connectivity index (χ2n) is 6.60. The number of aryl methyl sites for hydroxylation is 1. The van der Waals surface area contributed by atoms with Gasteiger partial charge in [-0.05, 0) is 30.4 Å². The summed E-state index contributed by atoms with van der Waals surface area (Å²) in [6.45, 7) is 1.96. The van der Waals surface area contributed by atoms with E-state index in [1.54, 1.807) is 12.1 Å². The molecule has 1 nitrogen and oxygen atoms in total. The summed E-state index contributed by atoms with van der Waals surface area (Å²) in [5.41, 5.74) is 1.52. The van der Waals surface area contributed by atoms with Gasteiger partial charge in [-0.2, -0.15) is 13.2 Å². The van der Waals surface area contributed by atoms with Crippen molar-refractivity contribution in [2.24, 2.45) is 5.92 Å². The van der Waals surface area contributed by atoms with Gasteiger partial charge < -0.3 is 4.74 Å². The van der Waals surface area contributed by atoms with E-state index in [2.05, 4.69) is 0 Å². The molecule has 0 fully saturated rings. The fourth-order valence-corrected chi connectivity index (χ4v) is 2.85. The summed E-state index contributed by atoms with van der Waals surface area (Å²) in [4.78, 5) is 0. The van der Waals surface area contributed by atoms with Crippen LogP contribution >= 0.6 is 0 Å². The predicted octanol–water partition coefficient (Wildman–Crippen LogP) is 6.77. The lowest BCUT2D eigenvalue weighted by Crippen LogP contribution is -2.26. The molecule has 0 aliphatic rings. The van der Waals surface area contributed by atoms with E-state index in [0.717, 1.165) is 12.0 Å². The van der Waals surface area contributed by atoms with Crippen molar-refractivity contribution in [3.05, 3.63) is 70.8 Å². The fourth-order valence-electron chi connectivity index (χ4n) is 2.85. The molecule has 1 unspecified atom stereocenters. The molecule has 0 radical (unpaired) electrons. The third-order valence-corrected chi connectivity index (χ3v) is 4.63. The van der Waals surface area contributed by atoms with Crippen LogP contribution in [-0.4, -0.2) is 19.9 Å². The highest BCUT2D eigenvalue weighted by Gasteiger charge is 2.38. The normalized spacial score (nSPS) is 14.0. The summed E-state index contributed by atoms with van der Waals surface area (Å²) in [6.07, 6.45) is -3.95. The Kier molecular flexibility index (Phi) is 7.75. The summed E-state index contributed by atoms with van der Waals surface area (Å²) in [5, 5.41) is 0. The van der Waals surface area contributed by atoms with Gasteiger partial charge in [-0.15, -0.1) is 0 Å². The molecule has 0 N–H and O–H groups in total. The van der Waals surface area contributed by atoms with Crippen molar-refractivity contribution in [2.45, 2.75) is 32.4 Å². The van der Waals surface area contributed by atoms with Gasteiger partial charge in [0, 0.05) is 24.8 Å². The molecular weight excluding hydrogens is 375 g/mol. The van der Waals surface area contributed by atoms with Crippen molar-refractivity contribution in [1.29, 1.82) is 0 Å². The van der Waals surface area contributed by atoms with Crippen LogP contribution < -0.4 is 0 Å². The van der Waals surface area contributed by atoms with Gasteiger partial charge in [0.15, 0.2) is 11.7 Å². The minimum Gasteiger partial charge on any atom is -0.385 e. The molecule has 0 saturated heterocycles. The second-order valence-corrected chi connectivity index (χ2v) is 6.60. The van der Waals surface area contributed by atoms with Gasteiger partial charge >= 0.3 is 6.18 Å². The molecule has 0 amide bonds. The summed E-state index contributed by atoms with van der Waals surface area (Å²) < 4.78 is 72.9. The fraction of sp³-hybridized carbons (Fsp3) is 0.364. The highest BCUT2D eigenvalue weighted by atomic mass is 19.4. The monoisotopic (exact) mass is 398 g/mol. The van der Waals surface area contributed by atoms with E-state index in [1.807, 2.05) is 6.92 Å². The van der Waals surface area contributed by atoms with Crippen molar-refractivity contribution in [3.63, 3.8) is 0 Å². The molecule has 2 aromatic rings. The van der Waals surface area contributed by atoms with Crippen molar-refractivity contribution in [1.82, 2.24) is 0 Å². The lowest BCUT2D eigenvalue weighted by Gasteiger charge is -2.20. The summed E-state index contributed by atoms with van der Waals surface area (Å²) in [6, 6.07) is 11.9. The van der Waals surface area contributed by atoms with Gasteiger partial charge in [0.05, 0.1) is 5.92 Å². The third kappa shape index (κ3) is 5.89. The molecule has 28 heavy (non-hydrogen) atoms. The maximum Gasteiger partial charge on any atom is 0.392 e. The zero-order valence-electron chi connectivity index (χ0n) is 15.8. The average Bonchev–Trinajstić information content (AvgIpc) is 2.69. The smallest absolute Gasteiger partial charge is 0.385 e. The van der Waals surface area contributed by atoms with Crippen molar-refractivity contribution >= 4 is 11.7 Å². The number of hydrogen-bond acceptors (Lipinski definition) is 1. The van der Waals surface area contributed by atoms with Crippen molar-refractivity contribution < 1.29 is 26.7 Å². The Morgan fingerprint density at radius 3 is 1.71 bits per heavy atom. The van der Waals surface area contributed by atoms with Gasteiger partial charge in [-0.3, -0.25) is 0 Å². The van der Waals surface area contributed by atoms with Gasteiger partial charge in [-0.1, -0.05) is 55.5 Å². The predicted molar refractivity (Wildman–Crippen MR) is 101 cm³/mol. The number of methoxy groups -OCH3 is 1. The molecule has 0 aliphatic heterocycles. The van der Waals surface area contributed by atoms with E-state index in [0.29, 0.717) is 5.56 Å². The standard InChI is InChI=1S/C22H23F5O/c1-3-15-4-8-17(9-5-15)20(23)21(24)18-10-6-16(7-11-18)14-19(12-13-28-2)22(25,26)27/h4-11,19H,3,12-14H2,1-2H3/b21-20-. The summed E-state index contributed by atoms with van der Waals surface area (Å²) in [5.74, 6) is -3.58. The first-order valence-corrected chi connectivity index (χ1v) is 9.05. The summed E-state index contributed by atoms with van der Waals surface area (Å²) >= 11 is 0. The molecule has 6 heteroatoms. The molecule has 0 aromatic heterocycles. The zero-order chi connectivity index (χ0) is 20.7. The number of ether oxygens (including phenoxy) is 1. The van der Waals surface area contributed by atoms with Crippen LogP contribution in [0.2, 0.25) is 0 Å². The number of benzene rings is 2. The molecular formula is C22H23F5O. The maximum atomic E-state index is 14.5. The number of alkyl halides is 3. The second kappa shape index (κ2) is 9.82. The topological polar surface area (TPSA) is 9.23 Å². The Morgan fingerprint density at radius 2 is 1.32 bits per heavy atom. The molecule has 2 rings (SSSR count). The van der Waals surface area contributed by atoms with Crippen molar-refractivity contribution in [2.75, 3.05) is 13.7 Å². The number of hydrogen-bond donors (Lipinski definition) is 0. The maximum absolute atomic E-state index is 14.5. The van der Waals surface area contributed by atoms with Gasteiger partial charge in [0.1, 0.15) is 0 Å². The van der Waals surface area contributed by atoms with E-state index in [4.69, 9.17) is 4.74 Å². The Hall–Kier alpha value is -2.21. The summed E-state index contributed by atoms with van der Waals surface area (Å²) in [7, 11) is 1.35. The molecule has 0 saturated carbocycles. The number of halogens is 5. The first-order chi connectivity index (χ1) is 13.3. The van der Waals surface area contributed by atoms with Crippen LogP contribution in [0.25, 0.3) is 11.7 Å². The van der Waals surface area contributed by atoms with Crippen molar-refractivity contribution in [3.8, 4) is 0 Å². The largest absolute Gasteiger partial charge is 0.392 e. The van der Waals surface area contributed by atoms with E-state index < -0.39 is 23.7 Å². The molecule has 1 atom stereocenters. The molecule has 152 valence electrons. The Bertz CT molecular complexity index is 776. The highest BCUT2D eigenvalue weighted by molar-refractivity contribution is 5.83. The highest BCUT2D eigenvalue weighted by Crippen LogP contribution is 2.33. The minimum atomic E-state index is -4.35. The SMILES string of the molecule is CCc1ccc(/C(F)=C(/F)c2ccc(CC(CCOC)C(F)(F)F)cc2)cc1. The Morgan fingerprint density at radius 1 is 0.857 bits per heavy atom. The quantitative estimate of drug-likeness (QED) is 0.352. The zero-order valence-corrected chi connectivity index (χ0v) is 15.8. The van der Waals surface area contributed by atoms with E-state index in [-0.39, 0.29) is 30.6 Å². The van der Waals surface area contributed by atoms with Gasteiger partial charge in [0.25, 0.3) is 0 Å². The van der Waals surface area contributed by atoms with E-state index >= 15 is 0 Å². The molecule has 0 bridgehead atoms.